The van der Waals surface area contributed by atoms with Crippen LogP contribution in [0, 0.1) is 6.92 Å². The summed E-state index contributed by atoms with van der Waals surface area (Å²) in [5.41, 5.74) is 1.17. The van der Waals surface area contributed by atoms with Gasteiger partial charge in [-0.2, -0.15) is 0 Å². The third kappa shape index (κ3) is 5.95. The van der Waals surface area contributed by atoms with Crippen molar-refractivity contribution in [1.82, 2.24) is 10.2 Å². The van der Waals surface area contributed by atoms with Crippen molar-refractivity contribution >= 4 is 6.03 Å². The smallest absolute Gasteiger partial charge is 0.317 e. The van der Waals surface area contributed by atoms with Crippen molar-refractivity contribution in [3.8, 4) is 5.75 Å². The van der Waals surface area contributed by atoms with Crippen LogP contribution in [0.25, 0.3) is 0 Å². The SMILES string of the molecule is CCCN(CCC)C(=O)NCCOc1cccc(C)c1. The summed E-state index contributed by atoms with van der Waals surface area (Å²) in [6.45, 7) is 8.81. The number of hydrogen-bond acceptors (Lipinski definition) is 2. The van der Waals surface area contributed by atoms with Crippen LogP contribution in [0.5, 0.6) is 5.75 Å². The minimum Gasteiger partial charge on any atom is -0.492 e. The zero-order chi connectivity index (χ0) is 14.8. The number of hydrogen-bond donors (Lipinski definition) is 1. The fourth-order valence-electron chi connectivity index (χ4n) is 2.00. The molecular formula is C16H26N2O2. The first-order chi connectivity index (χ1) is 9.67. The number of urea groups is 1. The Kier molecular flexibility index (Phi) is 7.55. The Hall–Kier alpha value is -1.71. The number of rotatable bonds is 8. The van der Waals surface area contributed by atoms with E-state index in [1.54, 1.807) is 0 Å². The van der Waals surface area contributed by atoms with Crippen molar-refractivity contribution in [3.05, 3.63) is 29.8 Å². The molecule has 20 heavy (non-hydrogen) atoms. The Morgan fingerprint density at radius 3 is 2.55 bits per heavy atom. The third-order valence-electron chi connectivity index (χ3n) is 2.91. The molecule has 0 fully saturated rings. The quantitative estimate of drug-likeness (QED) is 0.742. The van der Waals surface area contributed by atoms with Gasteiger partial charge in [-0.15, -0.1) is 0 Å². The number of nitrogens with zero attached hydrogens (tertiary/aromatic N) is 1. The van der Waals surface area contributed by atoms with Gasteiger partial charge in [0, 0.05) is 13.1 Å². The standard InChI is InChI=1S/C16H26N2O2/c1-4-10-18(11-5-2)16(19)17-9-12-20-15-8-6-7-14(3)13-15/h6-8,13H,4-5,9-12H2,1-3H3,(H,17,19). The summed E-state index contributed by atoms with van der Waals surface area (Å²) in [6, 6.07) is 7.91. The summed E-state index contributed by atoms with van der Waals surface area (Å²) in [5.74, 6) is 0.846. The molecule has 0 saturated carbocycles. The average molecular weight is 278 g/mol. The van der Waals surface area contributed by atoms with E-state index in [1.165, 1.54) is 5.56 Å². The summed E-state index contributed by atoms with van der Waals surface area (Å²) in [4.78, 5) is 13.8. The monoisotopic (exact) mass is 278 g/mol. The molecule has 0 saturated heterocycles. The molecule has 4 nitrogen and oxygen atoms in total. The first-order valence-corrected chi connectivity index (χ1v) is 7.39. The zero-order valence-corrected chi connectivity index (χ0v) is 12.8. The molecule has 0 spiro atoms. The van der Waals surface area contributed by atoms with E-state index in [-0.39, 0.29) is 6.03 Å². The minimum atomic E-state index is 0.00143. The number of nitrogens with one attached hydrogen (secondary N) is 1. The maximum absolute atomic E-state index is 11.9. The molecule has 0 aliphatic carbocycles. The van der Waals surface area contributed by atoms with Crippen LogP contribution in [0.2, 0.25) is 0 Å². The van der Waals surface area contributed by atoms with Crippen LogP contribution in [0.1, 0.15) is 32.3 Å². The highest BCUT2D eigenvalue weighted by Crippen LogP contribution is 2.11. The van der Waals surface area contributed by atoms with Crippen LogP contribution in [0.4, 0.5) is 4.79 Å². The van der Waals surface area contributed by atoms with Gasteiger partial charge in [0.2, 0.25) is 0 Å². The molecule has 0 aliphatic rings. The van der Waals surface area contributed by atoms with E-state index in [0.717, 1.165) is 31.7 Å². The number of benzene rings is 1. The first-order valence-electron chi connectivity index (χ1n) is 7.39. The van der Waals surface area contributed by atoms with E-state index in [9.17, 15) is 4.79 Å². The highest BCUT2D eigenvalue weighted by atomic mass is 16.5. The van der Waals surface area contributed by atoms with Crippen LogP contribution in [0.15, 0.2) is 24.3 Å². The van der Waals surface area contributed by atoms with E-state index in [4.69, 9.17) is 4.74 Å². The van der Waals surface area contributed by atoms with Gasteiger partial charge in [0.25, 0.3) is 0 Å². The molecular weight excluding hydrogens is 252 g/mol. The topological polar surface area (TPSA) is 41.6 Å². The molecule has 0 heterocycles. The highest BCUT2D eigenvalue weighted by Gasteiger charge is 2.10. The van der Waals surface area contributed by atoms with Crippen molar-refractivity contribution < 1.29 is 9.53 Å². The van der Waals surface area contributed by atoms with Crippen LogP contribution in [-0.4, -0.2) is 37.2 Å². The Labute approximate surface area is 122 Å². The fraction of sp³-hybridized carbons (Fsp3) is 0.562. The zero-order valence-electron chi connectivity index (χ0n) is 12.8. The summed E-state index contributed by atoms with van der Waals surface area (Å²) >= 11 is 0. The highest BCUT2D eigenvalue weighted by molar-refractivity contribution is 5.74. The van der Waals surface area contributed by atoms with E-state index < -0.39 is 0 Å². The molecule has 4 heteroatoms. The van der Waals surface area contributed by atoms with Crippen LogP contribution >= 0.6 is 0 Å². The van der Waals surface area contributed by atoms with Gasteiger partial charge in [0.05, 0.1) is 6.54 Å². The van der Waals surface area contributed by atoms with Crippen LogP contribution in [0.3, 0.4) is 0 Å². The molecule has 0 aromatic heterocycles. The van der Waals surface area contributed by atoms with Gasteiger partial charge < -0.3 is 15.0 Å². The summed E-state index contributed by atoms with van der Waals surface area (Å²) in [5, 5.41) is 2.90. The first kappa shape index (κ1) is 16.3. The molecule has 0 aliphatic heterocycles. The van der Waals surface area contributed by atoms with Gasteiger partial charge >= 0.3 is 6.03 Å². The number of aryl methyl sites for hydroxylation is 1. The van der Waals surface area contributed by atoms with E-state index in [2.05, 4.69) is 19.2 Å². The lowest BCUT2D eigenvalue weighted by Gasteiger charge is -2.21. The fourth-order valence-corrected chi connectivity index (χ4v) is 2.00. The van der Waals surface area contributed by atoms with Crippen LogP contribution in [-0.2, 0) is 0 Å². The lowest BCUT2D eigenvalue weighted by Crippen LogP contribution is -2.42. The Balaban J connectivity index is 2.27. The van der Waals surface area contributed by atoms with E-state index >= 15 is 0 Å². The Morgan fingerprint density at radius 2 is 1.95 bits per heavy atom. The van der Waals surface area contributed by atoms with Gasteiger partial charge in [-0.3, -0.25) is 0 Å². The van der Waals surface area contributed by atoms with Crippen LogP contribution < -0.4 is 10.1 Å². The predicted molar refractivity (Wildman–Crippen MR) is 82.2 cm³/mol. The van der Waals surface area contributed by atoms with Gasteiger partial charge in [0.1, 0.15) is 12.4 Å². The number of carbonyl (C=O) groups is 1. The van der Waals surface area contributed by atoms with Crippen molar-refractivity contribution in [2.75, 3.05) is 26.2 Å². The Bertz CT molecular complexity index is 401. The maximum Gasteiger partial charge on any atom is 0.317 e. The second kappa shape index (κ2) is 9.23. The second-order valence-electron chi connectivity index (χ2n) is 4.88. The predicted octanol–water partition coefficient (Wildman–Crippen LogP) is 3.21. The second-order valence-corrected chi connectivity index (χ2v) is 4.88. The van der Waals surface area contributed by atoms with Gasteiger partial charge in [-0.25, -0.2) is 4.79 Å². The molecule has 0 atom stereocenters. The largest absolute Gasteiger partial charge is 0.492 e. The van der Waals surface area contributed by atoms with Gasteiger partial charge in [-0.05, 0) is 37.5 Å². The third-order valence-corrected chi connectivity index (χ3v) is 2.91. The van der Waals surface area contributed by atoms with Gasteiger partial charge in [-0.1, -0.05) is 26.0 Å². The van der Waals surface area contributed by atoms with E-state index in [0.29, 0.717) is 13.2 Å². The van der Waals surface area contributed by atoms with Crippen molar-refractivity contribution in [2.45, 2.75) is 33.6 Å². The normalized spacial score (nSPS) is 10.2. The summed E-state index contributed by atoms with van der Waals surface area (Å²) in [6.07, 6.45) is 1.96. The maximum atomic E-state index is 11.9. The lowest BCUT2D eigenvalue weighted by atomic mass is 10.2. The lowest BCUT2D eigenvalue weighted by molar-refractivity contribution is 0.194. The van der Waals surface area contributed by atoms with Crippen molar-refractivity contribution in [3.63, 3.8) is 0 Å². The van der Waals surface area contributed by atoms with Gasteiger partial charge in [0.15, 0.2) is 0 Å². The average Bonchev–Trinajstić information content (AvgIpc) is 2.43. The number of carbonyl (C=O) groups excluding carboxylic acids is 1. The number of ether oxygens (including phenoxy) is 1. The van der Waals surface area contributed by atoms with E-state index in [1.807, 2.05) is 36.1 Å². The Morgan fingerprint density at radius 1 is 1.25 bits per heavy atom. The van der Waals surface area contributed by atoms with Crippen molar-refractivity contribution in [1.29, 1.82) is 0 Å². The molecule has 0 unspecified atom stereocenters. The van der Waals surface area contributed by atoms with Crippen molar-refractivity contribution in [2.24, 2.45) is 0 Å². The molecule has 0 radical (unpaired) electrons. The molecule has 1 N–H and O–H groups in total. The molecule has 1 aromatic rings. The molecule has 2 amide bonds. The summed E-state index contributed by atoms with van der Waals surface area (Å²) in [7, 11) is 0. The number of amides is 2. The molecule has 0 bridgehead atoms. The summed E-state index contributed by atoms with van der Waals surface area (Å²) < 4.78 is 5.60. The molecule has 1 aromatic carbocycles. The molecule has 1 rings (SSSR count). The molecule has 112 valence electrons. The minimum absolute atomic E-state index is 0.00143.